The number of piperidine rings is 1. The zero-order valence-corrected chi connectivity index (χ0v) is 10.4. The van der Waals surface area contributed by atoms with E-state index in [1.165, 1.54) is 12.4 Å². The summed E-state index contributed by atoms with van der Waals surface area (Å²) in [6.45, 7) is 1.02. The molecule has 2 rings (SSSR count). The van der Waals surface area contributed by atoms with E-state index in [4.69, 9.17) is 0 Å². The average Bonchev–Trinajstić information content (AvgIpc) is 2.78. The van der Waals surface area contributed by atoms with Gasteiger partial charge in [-0.15, -0.1) is 0 Å². The van der Waals surface area contributed by atoms with Crippen LogP contribution in [0.25, 0.3) is 0 Å². The van der Waals surface area contributed by atoms with Gasteiger partial charge in [0, 0.05) is 18.3 Å². The molecule has 0 amide bonds. The smallest absolute Gasteiger partial charge is 0.300 e. The van der Waals surface area contributed by atoms with E-state index >= 15 is 0 Å². The maximum atomic E-state index is 12.6. The fourth-order valence-electron chi connectivity index (χ4n) is 2.34. The van der Waals surface area contributed by atoms with E-state index in [-0.39, 0.29) is 11.7 Å². The molecule has 0 bridgehead atoms. The van der Waals surface area contributed by atoms with Crippen molar-refractivity contribution in [1.29, 1.82) is 0 Å². The molecule has 0 saturated carbocycles. The highest BCUT2D eigenvalue weighted by Gasteiger charge is 2.23. The molecule has 18 heavy (non-hydrogen) atoms. The fraction of sp³-hybridized carbons (Fsp3) is 0.667. The minimum absolute atomic E-state index is 0.135. The van der Waals surface area contributed by atoms with Crippen LogP contribution < -0.4 is 0 Å². The number of carbonyl (C=O) groups excluding carboxylic acids is 1. The first-order valence-corrected chi connectivity index (χ1v) is 6.10. The summed E-state index contributed by atoms with van der Waals surface area (Å²) in [7, 11) is 0. The van der Waals surface area contributed by atoms with E-state index in [1.54, 1.807) is 6.92 Å². The van der Waals surface area contributed by atoms with Gasteiger partial charge in [-0.05, 0) is 32.9 Å². The molecule has 0 spiro atoms. The van der Waals surface area contributed by atoms with Gasteiger partial charge in [0.05, 0.1) is 6.54 Å². The molecule has 0 aliphatic carbocycles. The Kier molecular flexibility index (Phi) is 4.06. The van der Waals surface area contributed by atoms with Gasteiger partial charge in [0.25, 0.3) is 0 Å². The van der Waals surface area contributed by atoms with Crippen molar-refractivity contribution in [3.63, 3.8) is 0 Å². The van der Waals surface area contributed by atoms with Crippen LogP contribution in [0.2, 0.25) is 0 Å². The van der Waals surface area contributed by atoms with Crippen molar-refractivity contribution in [2.24, 2.45) is 5.92 Å². The molecule has 1 aliphatic heterocycles. The van der Waals surface area contributed by atoms with Crippen LogP contribution in [0.15, 0.2) is 12.4 Å². The van der Waals surface area contributed by atoms with Gasteiger partial charge in [0.15, 0.2) is 0 Å². The lowest BCUT2D eigenvalue weighted by molar-refractivity contribution is -0.122. The summed E-state index contributed by atoms with van der Waals surface area (Å²) in [6, 6.07) is 0. The lowest BCUT2D eigenvalue weighted by Gasteiger charge is -2.30. The second kappa shape index (κ2) is 5.56. The highest BCUT2D eigenvalue weighted by atomic mass is 19.3. The lowest BCUT2D eigenvalue weighted by Crippen LogP contribution is -2.36. The molecule has 6 heteroatoms. The summed E-state index contributed by atoms with van der Waals surface area (Å²) in [5.74, 6) is 0.742. The topological polar surface area (TPSA) is 38.1 Å². The first-order chi connectivity index (χ1) is 8.58. The molecule has 4 nitrogen and oxygen atoms in total. The summed E-state index contributed by atoms with van der Waals surface area (Å²) in [5, 5.41) is 0. The molecular formula is C12H17F2N3O. The summed E-state index contributed by atoms with van der Waals surface area (Å²) in [6.07, 6.45) is 4.31. The third-order valence-electron chi connectivity index (χ3n) is 3.49. The molecule has 1 aliphatic rings. The Morgan fingerprint density at radius 2 is 2.17 bits per heavy atom. The van der Waals surface area contributed by atoms with Gasteiger partial charge in [-0.1, -0.05) is 0 Å². The van der Waals surface area contributed by atoms with Crippen LogP contribution in [-0.4, -0.2) is 33.3 Å². The molecule has 0 radical (unpaired) electrons. The number of carbonyl (C=O) groups is 1. The first kappa shape index (κ1) is 13.1. The van der Waals surface area contributed by atoms with Gasteiger partial charge < -0.3 is 0 Å². The van der Waals surface area contributed by atoms with E-state index in [0.29, 0.717) is 12.4 Å². The molecule has 1 aromatic heterocycles. The summed E-state index contributed by atoms with van der Waals surface area (Å²) >= 11 is 0. The summed E-state index contributed by atoms with van der Waals surface area (Å²) < 4.78 is 26.2. The second-order valence-electron chi connectivity index (χ2n) is 4.69. The van der Waals surface area contributed by atoms with Crippen LogP contribution >= 0.6 is 0 Å². The van der Waals surface area contributed by atoms with Gasteiger partial charge in [-0.3, -0.25) is 14.3 Å². The van der Waals surface area contributed by atoms with Gasteiger partial charge in [0.2, 0.25) is 0 Å². The minimum Gasteiger partial charge on any atom is -0.300 e. The number of halogens is 2. The molecule has 1 aromatic rings. The Morgan fingerprint density at radius 1 is 1.50 bits per heavy atom. The Bertz CT molecular complexity index is 411. The summed E-state index contributed by atoms with van der Waals surface area (Å²) in [5.41, 5.74) is 0. The largest absolute Gasteiger partial charge is 0.319 e. The van der Waals surface area contributed by atoms with Crippen molar-refractivity contribution in [1.82, 2.24) is 14.5 Å². The molecule has 1 saturated heterocycles. The Morgan fingerprint density at radius 3 is 2.72 bits per heavy atom. The van der Waals surface area contributed by atoms with E-state index in [9.17, 15) is 13.6 Å². The molecule has 0 unspecified atom stereocenters. The molecule has 0 aromatic carbocycles. The average molecular weight is 257 g/mol. The van der Waals surface area contributed by atoms with Crippen LogP contribution in [0.4, 0.5) is 8.78 Å². The Labute approximate surface area is 105 Å². The van der Waals surface area contributed by atoms with E-state index in [1.807, 2.05) is 0 Å². The molecule has 1 fully saturated rings. The van der Waals surface area contributed by atoms with Crippen LogP contribution in [0, 0.1) is 5.92 Å². The van der Waals surface area contributed by atoms with Crippen molar-refractivity contribution >= 4 is 5.78 Å². The van der Waals surface area contributed by atoms with Crippen molar-refractivity contribution in [3.05, 3.63) is 18.2 Å². The summed E-state index contributed by atoms with van der Waals surface area (Å²) in [4.78, 5) is 17.3. The highest BCUT2D eigenvalue weighted by Crippen LogP contribution is 2.20. The van der Waals surface area contributed by atoms with Crippen molar-refractivity contribution in [3.8, 4) is 0 Å². The predicted octanol–water partition coefficient (Wildman–Crippen LogP) is 2.08. The normalized spacial score (nSPS) is 18.4. The van der Waals surface area contributed by atoms with E-state index in [0.717, 1.165) is 30.5 Å². The Balaban J connectivity index is 1.91. The quantitative estimate of drug-likeness (QED) is 0.829. The van der Waals surface area contributed by atoms with E-state index in [2.05, 4.69) is 9.88 Å². The predicted molar refractivity (Wildman–Crippen MR) is 62.2 cm³/mol. The van der Waals surface area contributed by atoms with Gasteiger partial charge >= 0.3 is 6.55 Å². The maximum Gasteiger partial charge on any atom is 0.319 e. The second-order valence-corrected chi connectivity index (χ2v) is 4.69. The third kappa shape index (κ3) is 2.93. The first-order valence-electron chi connectivity index (χ1n) is 6.10. The number of ketones is 1. The van der Waals surface area contributed by atoms with Crippen LogP contribution in [0.5, 0.6) is 0 Å². The third-order valence-corrected chi connectivity index (χ3v) is 3.49. The number of alkyl halides is 2. The number of rotatable bonds is 4. The van der Waals surface area contributed by atoms with Crippen LogP contribution in [-0.2, 0) is 11.3 Å². The zero-order chi connectivity index (χ0) is 13.1. The van der Waals surface area contributed by atoms with Crippen molar-refractivity contribution in [2.75, 3.05) is 13.1 Å². The van der Waals surface area contributed by atoms with Gasteiger partial charge in [0.1, 0.15) is 11.6 Å². The van der Waals surface area contributed by atoms with Crippen LogP contribution in [0.1, 0.15) is 32.1 Å². The minimum atomic E-state index is -2.54. The molecule has 0 N–H and O–H groups in total. The number of hydrogen-bond donors (Lipinski definition) is 0. The maximum absolute atomic E-state index is 12.6. The monoisotopic (exact) mass is 257 g/mol. The molecule has 2 heterocycles. The van der Waals surface area contributed by atoms with E-state index < -0.39 is 6.55 Å². The molecule has 100 valence electrons. The molecular weight excluding hydrogens is 240 g/mol. The zero-order valence-electron chi connectivity index (χ0n) is 10.4. The van der Waals surface area contributed by atoms with Crippen molar-refractivity contribution < 1.29 is 13.6 Å². The van der Waals surface area contributed by atoms with Crippen LogP contribution in [0.3, 0.4) is 0 Å². The number of aromatic nitrogens is 2. The van der Waals surface area contributed by atoms with Gasteiger partial charge in [-0.25, -0.2) is 4.98 Å². The van der Waals surface area contributed by atoms with Crippen molar-refractivity contribution in [2.45, 2.75) is 32.9 Å². The highest BCUT2D eigenvalue weighted by molar-refractivity contribution is 5.78. The number of Topliss-reactive ketones (excluding diaryl/α,β-unsaturated/α-hetero) is 1. The number of hydrogen-bond acceptors (Lipinski definition) is 3. The SMILES string of the molecule is CC(=O)C1CCN(Cc2nccn2C(F)F)CC1. The fourth-order valence-corrected chi connectivity index (χ4v) is 2.34. The van der Waals surface area contributed by atoms with Gasteiger partial charge in [-0.2, -0.15) is 8.78 Å². The lowest BCUT2D eigenvalue weighted by atomic mass is 9.93. The molecule has 0 atom stereocenters. The number of nitrogens with zero attached hydrogens (tertiary/aromatic N) is 3. The number of imidazole rings is 1. The standard InChI is InChI=1S/C12H17F2N3O/c1-9(18)10-2-5-16(6-3-10)8-11-15-4-7-17(11)12(13)14/h4,7,10,12H,2-3,5-6,8H2,1H3. The Hall–Kier alpha value is -1.30. The number of likely N-dealkylation sites (tertiary alicyclic amines) is 1.